The Bertz CT molecular complexity index is 1280. The van der Waals surface area contributed by atoms with Crippen molar-refractivity contribution in [2.75, 3.05) is 51.8 Å². The molecule has 0 aromatic carbocycles. The maximum absolute atomic E-state index is 14.4. The summed E-state index contributed by atoms with van der Waals surface area (Å²) in [5.41, 5.74) is 0. The molecule has 444 valence electrons. The Hall–Kier alpha value is -1.10. The lowest BCUT2D eigenvalue weighted by Gasteiger charge is -2.39. The first kappa shape index (κ1) is 71.9. The van der Waals surface area contributed by atoms with Crippen molar-refractivity contribution >= 4 is 37.3 Å². The number of nitrogens with zero attached hydrogens (tertiary/aromatic N) is 2. The number of esters is 2. The number of unbranched alkanes of at least 4 members (excludes halogenated alkanes) is 22. The summed E-state index contributed by atoms with van der Waals surface area (Å²) >= 11 is 1.60. The van der Waals surface area contributed by atoms with E-state index in [2.05, 4.69) is 78.3 Å². The molecule has 1 aliphatic rings. The number of likely N-dealkylation sites (tertiary alicyclic amines) is 1. The normalized spacial score (nSPS) is 15.0. The number of carbonyl (C=O) groups is 3. The van der Waals surface area contributed by atoms with E-state index in [1.165, 1.54) is 154 Å². The maximum atomic E-state index is 14.4. The van der Waals surface area contributed by atoms with Gasteiger partial charge in [-0.2, -0.15) is 0 Å². The van der Waals surface area contributed by atoms with Gasteiger partial charge in [-0.15, -0.1) is 0 Å². The smallest absolute Gasteiger partial charge is 0.305 e. The molecule has 10 heteroatoms. The molecule has 75 heavy (non-hydrogen) atoms. The lowest BCUT2D eigenvalue weighted by Crippen LogP contribution is -2.46. The van der Waals surface area contributed by atoms with Crippen LogP contribution in [0.4, 0.5) is 4.79 Å². The van der Waals surface area contributed by atoms with Crippen molar-refractivity contribution in [2.45, 2.75) is 330 Å². The van der Waals surface area contributed by atoms with Crippen LogP contribution in [0, 0.1) is 17.8 Å². The minimum absolute atomic E-state index is 0.00705. The molecule has 0 aromatic heterocycles. The summed E-state index contributed by atoms with van der Waals surface area (Å²) < 4.78 is 18.2. The van der Waals surface area contributed by atoms with E-state index in [1.54, 1.807) is 11.8 Å². The maximum Gasteiger partial charge on any atom is 0.305 e. The fourth-order valence-corrected chi connectivity index (χ4v) is 12.6. The Kier molecular flexibility index (Phi) is 45.7. The van der Waals surface area contributed by atoms with Gasteiger partial charge in [0, 0.05) is 44.3 Å². The highest BCUT2D eigenvalue weighted by molar-refractivity contribution is 8.13. The molecule has 1 amide bonds. The van der Waals surface area contributed by atoms with Gasteiger partial charge < -0.3 is 23.7 Å². The lowest BCUT2D eigenvalue weighted by atomic mass is 9.93. The van der Waals surface area contributed by atoms with E-state index < -0.39 is 8.32 Å². The molecule has 0 aromatic rings. The van der Waals surface area contributed by atoms with Crippen molar-refractivity contribution in [2.24, 2.45) is 17.8 Å². The predicted octanol–water partition coefficient (Wildman–Crippen LogP) is 20.1. The number of piperidine rings is 1. The number of hydrogen-bond donors (Lipinski definition) is 0. The number of carbonyl (C=O) groups excluding carboxylic acids is 3. The first-order valence-electron chi connectivity index (χ1n) is 32.8. The fraction of sp³-hybridized carbons (Fsp3) is 0.954. The van der Waals surface area contributed by atoms with Crippen molar-refractivity contribution in [1.82, 2.24) is 9.80 Å². The molecule has 1 aliphatic heterocycles. The fourth-order valence-electron chi connectivity index (χ4n) is 10.7. The molecular formula is C65H128N2O6SSi. The molecule has 2 unspecified atom stereocenters. The molecule has 1 heterocycles. The second-order valence-corrected chi connectivity index (χ2v) is 31.0. The summed E-state index contributed by atoms with van der Waals surface area (Å²) in [4.78, 5) is 44.9. The summed E-state index contributed by atoms with van der Waals surface area (Å²) in [6, 6.07) is 0.284. The van der Waals surface area contributed by atoms with Crippen molar-refractivity contribution in [1.29, 1.82) is 0 Å². The summed E-state index contributed by atoms with van der Waals surface area (Å²) in [6.45, 7) is 29.1. The Morgan fingerprint density at radius 2 is 0.920 bits per heavy atom. The molecular weight excluding hydrogens is 965 g/mol. The Morgan fingerprint density at radius 1 is 0.533 bits per heavy atom. The minimum atomic E-state index is -1.76. The summed E-state index contributed by atoms with van der Waals surface area (Å²) in [7, 11) is -1.76. The van der Waals surface area contributed by atoms with Crippen LogP contribution in [0.1, 0.15) is 306 Å². The molecule has 0 aliphatic carbocycles. The third-order valence-electron chi connectivity index (χ3n) is 17.1. The number of rotatable bonds is 51. The molecule has 0 spiro atoms. The van der Waals surface area contributed by atoms with Crippen LogP contribution in [-0.2, 0) is 23.5 Å². The largest absolute Gasteiger partial charge is 0.465 e. The Morgan fingerprint density at radius 3 is 1.37 bits per heavy atom. The van der Waals surface area contributed by atoms with Gasteiger partial charge >= 0.3 is 11.9 Å². The van der Waals surface area contributed by atoms with Crippen LogP contribution in [0.15, 0.2) is 0 Å². The average molecular weight is 1090 g/mol. The second kappa shape index (κ2) is 47.7. The van der Waals surface area contributed by atoms with Gasteiger partial charge in [-0.1, -0.05) is 234 Å². The van der Waals surface area contributed by atoms with Gasteiger partial charge in [-0.3, -0.25) is 14.4 Å². The monoisotopic (exact) mass is 1090 g/mol. The highest BCUT2D eigenvalue weighted by Crippen LogP contribution is 2.36. The van der Waals surface area contributed by atoms with Crippen molar-refractivity contribution < 1.29 is 28.3 Å². The summed E-state index contributed by atoms with van der Waals surface area (Å²) in [5, 5.41) is 0.546. The molecule has 1 fully saturated rings. The van der Waals surface area contributed by atoms with Crippen molar-refractivity contribution in [3.05, 3.63) is 0 Å². The molecule has 0 saturated carbocycles. The zero-order chi connectivity index (χ0) is 55.3. The number of ether oxygens (including phenoxy) is 2. The van der Waals surface area contributed by atoms with Crippen LogP contribution in [0.5, 0.6) is 0 Å². The van der Waals surface area contributed by atoms with Crippen LogP contribution >= 0.6 is 11.8 Å². The molecule has 1 saturated heterocycles. The molecule has 0 radical (unpaired) electrons. The zero-order valence-electron chi connectivity index (χ0n) is 51.8. The first-order valence-corrected chi connectivity index (χ1v) is 36.7. The van der Waals surface area contributed by atoms with E-state index in [0.29, 0.717) is 49.0 Å². The standard InChI is InChI=1S/C65H128N2O6SSi/c1-11-16-21-32-39-54-74-64(70)67(55-58-48-50-66(51-49-58)52-53-73-75(9,10)65(6,7)8)61(44-35-28-24-26-30-37-46-62(68)71-56-59(40-19-14-4)42-33-22-17-12-2)45-36-29-25-27-31-38-47-63(69)72-57-60(41-20-15-5)43-34-23-18-13-3/h58-61H,11-57H2,1-10H3. The molecule has 2 atom stereocenters. The van der Waals surface area contributed by atoms with Gasteiger partial charge in [0.2, 0.25) is 0 Å². The lowest BCUT2D eigenvalue weighted by molar-refractivity contribution is -0.146. The molecule has 0 N–H and O–H groups in total. The number of amides is 1. The zero-order valence-corrected chi connectivity index (χ0v) is 53.6. The quantitative estimate of drug-likeness (QED) is 0.0338. The molecule has 1 rings (SSSR count). The minimum Gasteiger partial charge on any atom is -0.465 e. The van der Waals surface area contributed by atoms with Crippen LogP contribution in [0.3, 0.4) is 0 Å². The summed E-state index contributed by atoms with van der Waals surface area (Å²) in [6.07, 6.45) is 44.8. The van der Waals surface area contributed by atoms with Crippen LogP contribution in [0.2, 0.25) is 18.1 Å². The second-order valence-electron chi connectivity index (χ2n) is 25.1. The van der Waals surface area contributed by atoms with Crippen LogP contribution < -0.4 is 0 Å². The summed E-state index contributed by atoms with van der Waals surface area (Å²) in [5.74, 6) is 2.49. The van der Waals surface area contributed by atoms with Crippen LogP contribution in [0.25, 0.3) is 0 Å². The van der Waals surface area contributed by atoms with Crippen molar-refractivity contribution in [3.8, 4) is 0 Å². The Balaban J connectivity index is 2.86. The van der Waals surface area contributed by atoms with E-state index in [-0.39, 0.29) is 23.0 Å². The highest BCUT2D eigenvalue weighted by Gasteiger charge is 2.37. The topological polar surface area (TPSA) is 85.4 Å². The molecule has 8 nitrogen and oxygen atoms in total. The van der Waals surface area contributed by atoms with Gasteiger partial charge in [0.25, 0.3) is 5.24 Å². The predicted molar refractivity (Wildman–Crippen MR) is 329 cm³/mol. The third kappa shape index (κ3) is 39.0. The van der Waals surface area contributed by atoms with Crippen LogP contribution in [-0.4, -0.2) is 93.1 Å². The number of thioether (sulfide) groups is 1. The first-order chi connectivity index (χ1) is 36.2. The number of hydrogen-bond acceptors (Lipinski definition) is 8. The molecule has 0 bridgehead atoms. The van der Waals surface area contributed by atoms with Gasteiger partial charge in [0.1, 0.15) is 0 Å². The SMILES string of the molecule is CCCCCCCSC(=O)N(CC1CCN(CCO[Si](C)(C)C(C)(C)C)CC1)C(CCCCCCCCC(=O)OCC(CCCC)CCCCCC)CCCCCCCCC(=O)OCC(CCCC)CCCCCC. The van der Waals surface area contributed by atoms with Gasteiger partial charge in [0.05, 0.1) is 13.2 Å². The van der Waals surface area contributed by atoms with E-state index in [0.717, 1.165) is 122 Å². The highest BCUT2D eigenvalue weighted by atomic mass is 32.2. The Labute approximate surface area is 472 Å². The van der Waals surface area contributed by atoms with E-state index in [4.69, 9.17) is 13.9 Å². The average Bonchev–Trinajstić information content (AvgIpc) is 3.38. The van der Waals surface area contributed by atoms with Gasteiger partial charge in [-0.05, 0) is 120 Å². The van der Waals surface area contributed by atoms with E-state index in [1.807, 2.05) is 0 Å². The van der Waals surface area contributed by atoms with Crippen molar-refractivity contribution in [3.63, 3.8) is 0 Å². The van der Waals surface area contributed by atoms with E-state index >= 15 is 0 Å². The third-order valence-corrected chi connectivity index (χ3v) is 22.7. The van der Waals surface area contributed by atoms with Gasteiger partial charge in [0.15, 0.2) is 8.32 Å². The van der Waals surface area contributed by atoms with Gasteiger partial charge in [-0.25, -0.2) is 0 Å². The van der Waals surface area contributed by atoms with E-state index in [9.17, 15) is 14.4 Å².